The summed E-state index contributed by atoms with van der Waals surface area (Å²) >= 11 is 7.41. The lowest BCUT2D eigenvalue weighted by atomic mass is 9.96. The van der Waals surface area contributed by atoms with Crippen LogP contribution in [0, 0.1) is 0 Å². The Morgan fingerprint density at radius 1 is 1.00 bits per heavy atom. The first kappa shape index (κ1) is 27.4. The van der Waals surface area contributed by atoms with Gasteiger partial charge in [0, 0.05) is 22.3 Å². The summed E-state index contributed by atoms with van der Waals surface area (Å²) in [5, 5.41) is 5.48. The number of thiazole rings is 1. The second-order valence-corrected chi connectivity index (χ2v) is 11.0. The van der Waals surface area contributed by atoms with Crippen LogP contribution < -0.4 is 19.6 Å². The minimum absolute atomic E-state index is 0.275. The normalized spacial score (nSPS) is 14.9. The highest BCUT2D eigenvalue weighted by Gasteiger charge is 2.33. The van der Waals surface area contributed by atoms with Crippen molar-refractivity contribution in [3.8, 4) is 22.7 Å². The average Bonchev–Trinajstić information content (AvgIpc) is 3.57. The molecule has 1 aliphatic heterocycles. The summed E-state index contributed by atoms with van der Waals surface area (Å²) in [6.45, 7) is 1.75. The third-order valence-electron chi connectivity index (χ3n) is 7.03. The Kier molecular flexibility index (Phi) is 7.36. The molecule has 0 N–H and O–H groups in total. The van der Waals surface area contributed by atoms with Crippen molar-refractivity contribution >= 4 is 35.0 Å². The van der Waals surface area contributed by atoms with Crippen molar-refractivity contribution in [3.63, 3.8) is 0 Å². The average molecular weight is 597 g/mol. The van der Waals surface area contributed by atoms with Crippen LogP contribution in [0.15, 0.2) is 106 Å². The van der Waals surface area contributed by atoms with Gasteiger partial charge in [-0.3, -0.25) is 9.36 Å². The molecule has 0 unspecified atom stereocenters. The SMILES string of the molecule is COC(=O)C1=C(C)N=c2s/c(=C\c3cn(-c4ccccc4)nc3-c3ccc(Cl)cc3)c(=O)n2[C@H]1c1ccc(OC)cc1. The number of methoxy groups -OCH3 is 2. The molecule has 0 aliphatic carbocycles. The molecule has 0 amide bonds. The summed E-state index contributed by atoms with van der Waals surface area (Å²) in [5.74, 6) is 0.122. The molecule has 1 atom stereocenters. The molecule has 0 fully saturated rings. The Morgan fingerprint density at radius 3 is 2.38 bits per heavy atom. The Hall–Kier alpha value is -4.73. The molecule has 5 aromatic rings. The van der Waals surface area contributed by atoms with Crippen molar-refractivity contribution in [1.82, 2.24) is 14.3 Å². The fourth-order valence-electron chi connectivity index (χ4n) is 4.97. The van der Waals surface area contributed by atoms with Crippen LogP contribution in [0.5, 0.6) is 5.75 Å². The number of nitrogens with zero attached hydrogens (tertiary/aromatic N) is 4. The van der Waals surface area contributed by atoms with Gasteiger partial charge >= 0.3 is 5.97 Å². The molecule has 6 rings (SSSR count). The van der Waals surface area contributed by atoms with Gasteiger partial charge in [0.1, 0.15) is 11.4 Å². The number of rotatable bonds is 6. The van der Waals surface area contributed by atoms with Crippen LogP contribution in [0.2, 0.25) is 5.02 Å². The summed E-state index contributed by atoms with van der Waals surface area (Å²) in [7, 11) is 2.90. The molecule has 8 nitrogen and oxygen atoms in total. The van der Waals surface area contributed by atoms with Crippen molar-refractivity contribution in [3.05, 3.63) is 132 Å². The standard InChI is InChI=1S/C32H25ClN4O4S/c1-19-27(31(39)41-3)29(21-11-15-25(40-2)16-12-21)37-30(38)26(42-32(37)34-19)17-22-18-36(24-7-5-4-6-8-24)35-28(22)20-9-13-23(33)14-10-20/h4-18,29H,1-3H3/b26-17-/t29-/m0/s1. The van der Waals surface area contributed by atoms with Gasteiger partial charge in [-0.05, 0) is 55.0 Å². The van der Waals surface area contributed by atoms with Gasteiger partial charge < -0.3 is 9.47 Å². The molecule has 2 aromatic heterocycles. The quantitative estimate of drug-likeness (QED) is 0.260. The fourth-order valence-corrected chi connectivity index (χ4v) is 6.14. The highest BCUT2D eigenvalue weighted by Crippen LogP contribution is 2.32. The van der Waals surface area contributed by atoms with Gasteiger partial charge in [0.15, 0.2) is 4.80 Å². The molecular formula is C32H25ClN4O4S. The number of ether oxygens (including phenoxy) is 2. The van der Waals surface area contributed by atoms with Crippen molar-refractivity contribution in [1.29, 1.82) is 0 Å². The maximum atomic E-state index is 14.1. The number of aromatic nitrogens is 3. The van der Waals surface area contributed by atoms with Gasteiger partial charge in [0.2, 0.25) is 0 Å². The Balaban J connectivity index is 1.56. The first-order valence-corrected chi connectivity index (χ1v) is 14.2. The predicted octanol–water partition coefficient (Wildman–Crippen LogP) is 4.92. The van der Waals surface area contributed by atoms with Crippen molar-refractivity contribution in [2.24, 2.45) is 4.99 Å². The van der Waals surface area contributed by atoms with Crippen LogP contribution in [-0.4, -0.2) is 34.5 Å². The lowest BCUT2D eigenvalue weighted by Crippen LogP contribution is -2.39. The third kappa shape index (κ3) is 4.97. The van der Waals surface area contributed by atoms with E-state index in [0.717, 1.165) is 22.4 Å². The van der Waals surface area contributed by atoms with Gasteiger partial charge in [-0.2, -0.15) is 5.10 Å². The second-order valence-electron chi connectivity index (χ2n) is 9.57. The topological polar surface area (TPSA) is 87.7 Å². The van der Waals surface area contributed by atoms with E-state index in [1.165, 1.54) is 18.4 Å². The molecule has 42 heavy (non-hydrogen) atoms. The van der Waals surface area contributed by atoms with E-state index in [0.29, 0.717) is 37.1 Å². The zero-order valence-electron chi connectivity index (χ0n) is 22.9. The Labute approximate surface area is 250 Å². The van der Waals surface area contributed by atoms with Gasteiger partial charge in [-0.25, -0.2) is 14.5 Å². The number of hydrogen-bond acceptors (Lipinski definition) is 7. The van der Waals surface area contributed by atoms with Crippen LogP contribution in [-0.2, 0) is 9.53 Å². The maximum absolute atomic E-state index is 14.1. The lowest BCUT2D eigenvalue weighted by molar-refractivity contribution is -0.136. The highest BCUT2D eigenvalue weighted by atomic mass is 35.5. The number of fused-ring (bicyclic) bond motifs is 1. The van der Waals surface area contributed by atoms with Gasteiger partial charge in [-0.1, -0.05) is 65.4 Å². The Morgan fingerprint density at radius 2 is 1.71 bits per heavy atom. The maximum Gasteiger partial charge on any atom is 0.338 e. The van der Waals surface area contributed by atoms with E-state index >= 15 is 0 Å². The molecule has 3 aromatic carbocycles. The van der Waals surface area contributed by atoms with E-state index in [4.69, 9.17) is 26.2 Å². The molecule has 0 saturated carbocycles. The van der Waals surface area contributed by atoms with E-state index in [-0.39, 0.29) is 5.56 Å². The van der Waals surface area contributed by atoms with Gasteiger partial charge in [-0.15, -0.1) is 0 Å². The number of para-hydroxylation sites is 1. The van der Waals surface area contributed by atoms with E-state index < -0.39 is 12.0 Å². The van der Waals surface area contributed by atoms with Crippen molar-refractivity contribution < 1.29 is 14.3 Å². The number of carbonyl (C=O) groups excluding carboxylic acids is 1. The zero-order valence-corrected chi connectivity index (χ0v) is 24.5. The minimum Gasteiger partial charge on any atom is -0.497 e. The number of allylic oxidation sites excluding steroid dienone is 1. The molecule has 0 spiro atoms. The molecule has 3 heterocycles. The van der Waals surface area contributed by atoms with E-state index in [9.17, 15) is 9.59 Å². The van der Waals surface area contributed by atoms with Gasteiger partial charge in [0.05, 0.1) is 41.8 Å². The first-order chi connectivity index (χ1) is 20.4. The first-order valence-electron chi connectivity index (χ1n) is 13.0. The van der Waals surface area contributed by atoms with Crippen LogP contribution in [0.1, 0.15) is 24.1 Å². The summed E-state index contributed by atoms with van der Waals surface area (Å²) in [6.07, 6.45) is 3.71. The summed E-state index contributed by atoms with van der Waals surface area (Å²) in [4.78, 5) is 32.2. The summed E-state index contributed by atoms with van der Waals surface area (Å²) in [6, 6.07) is 23.7. The lowest BCUT2D eigenvalue weighted by Gasteiger charge is -2.24. The monoisotopic (exact) mass is 596 g/mol. The van der Waals surface area contributed by atoms with Gasteiger partial charge in [0.25, 0.3) is 5.56 Å². The van der Waals surface area contributed by atoms with Crippen molar-refractivity contribution in [2.75, 3.05) is 14.2 Å². The largest absolute Gasteiger partial charge is 0.497 e. The molecular weight excluding hydrogens is 572 g/mol. The van der Waals surface area contributed by atoms with Crippen LogP contribution >= 0.6 is 22.9 Å². The third-order valence-corrected chi connectivity index (χ3v) is 8.26. The fraction of sp³-hybridized carbons (Fsp3) is 0.125. The zero-order chi connectivity index (χ0) is 29.4. The number of carbonyl (C=O) groups is 1. The van der Waals surface area contributed by atoms with Crippen LogP contribution in [0.3, 0.4) is 0 Å². The van der Waals surface area contributed by atoms with E-state index in [1.54, 1.807) is 35.4 Å². The van der Waals surface area contributed by atoms with E-state index in [1.807, 2.05) is 79.0 Å². The van der Waals surface area contributed by atoms with Crippen LogP contribution in [0.4, 0.5) is 0 Å². The molecule has 1 aliphatic rings. The smallest absolute Gasteiger partial charge is 0.338 e. The summed E-state index contributed by atoms with van der Waals surface area (Å²) < 4.78 is 14.2. The molecule has 0 saturated heterocycles. The number of halogens is 1. The predicted molar refractivity (Wildman–Crippen MR) is 163 cm³/mol. The van der Waals surface area contributed by atoms with Crippen LogP contribution in [0.25, 0.3) is 23.0 Å². The molecule has 10 heteroatoms. The minimum atomic E-state index is -0.718. The Bertz CT molecular complexity index is 2010. The second kappa shape index (κ2) is 11.3. The number of esters is 1. The summed E-state index contributed by atoms with van der Waals surface area (Å²) in [5.41, 5.74) is 4.44. The molecule has 0 radical (unpaired) electrons. The number of hydrogen-bond donors (Lipinski definition) is 0. The highest BCUT2D eigenvalue weighted by molar-refractivity contribution is 7.07. The number of benzene rings is 3. The van der Waals surface area contributed by atoms with Crippen molar-refractivity contribution in [2.45, 2.75) is 13.0 Å². The molecule has 210 valence electrons. The molecule has 0 bridgehead atoms. The van der Waals surface area contributed by atoms with E-state index in [2.05, 4.69) is 4.99 Å².